The molecule has 1 saturated carbocycles. The number of carbonyl (C=O) groups excluding carboxylic acids is 2. The summed E-state index contributed by atoms with van der Waals surface area (Å²) in [7, 11) is -1.01. The van der Waals surface area contributed by atoms with Crippen LogP contribution in [0, 0.1) is 11.3 Å². The number of hydrogen-bond acceptors (Lipinski definition) is 7. The van der Waals surface area contributed by atoms with Gasteiger partial charge in [-0.2, -0.15) is 5.26 Å². The van der Waals surface area contributed by atoms with E-state index in [1.165, 1.54) is 31.2 Å². The molecule has 0 aliphatic heterocycles. The van der Waals surface area contributed by atoms with Crippen molar-refractivity contribution in [3.05, 3.63) is 23.8 Å². The van der Waals surface area contributed by atoms with E-state index < -0.39 is 28.5 Å². The lowest BCUT2D eigenvalue weighted by atomic mass is 10.2. The van der Waals surface area contributed by atoms with Crippen LogP contribution < -0.4 is 9.46 Å². The number of benzene rings is 1. The number of sulfonamides is 1. The molecule has 9 nitrogen and oxygen atoms in total. The molecular formula is C17H21N3O6S. The van der Waals surface area contributed by atoms with Gasteiger partial charge in [0.2, 0.25) is 10.0 Å². The third kappa shape index (κ3) is 5.67. The van der Waals surface area contributed by atoms with E-state index in [4.69, 9.17) is 14.7 Å². The quantitative estimate of drug-likeness (QED) is 0.609. The summed E-state index contributed by atoms with van der Waals surface area (Å²) >= 11 is 0. The van der Waals surface area contributed by atoms with Gasteiger partial charge >= 0.3 is 5.97 Å². The second kappa shape index (κ2) is 8.83. The first-order chi connectivity index (χ1) is 12.8. The first-order valence-electron chi connectivity index (χ1n) is 8.27. The summed E-state index contributed by atoms with van der Waals surface area (Å²) in [5, 5.41) is 8.52. The van der Waals surface area contributed by atoms with E-state index in [-0.39, 0.29) is 35.2 Å². The first-order valence-corrected chi connectivity index (χ1v) is 9.75. The van der Waals surface area contributed by atoms with Crippen molar-refractivity contribution in [3.8, 4) is 11.8 Å². The Kier molecular flexibility index (Phi) is 6.76. The highest BCUT2D eigenvalue weighted by atomic mass is 32.2. The number of amides is 1. The Morgan fingerprint density at radius 1 is 1.37 bits per heavy atom. The predicted molar refractivity (Wildman–Crippen MR) is 94.5 cm³/mol. The molecule has 1 fully saturated rings. The smallest absolute Gasteiger partial charge is 0.338 e. The molecule has 27 heavy (non-hydrogen) atoms. The lowest BCUT2D eigenvalue weighted by Crippen LogP contribution is -2.32. The molecule has 0 spiro atoms. The number of esters is 1. The number of hydrogen-bond donors (Lipinski definition) is 1. The summed E-state index contributed by atoms with van der Waals surface area (Å²) in [6, 6.07) is 5.70. The highest BCUT2D eigenvalue weighted by Gasteiger charge is 2.30. The zero-order chi connectivity index (χ0) is 20.0. The minimum Gasteiger partial charge on any atom is -0.495 e. The second-order valence-electron chi connectivity index (χ2n) is 6.06. The first kappa shape index (κ1) is 20.7. The third-order valence-corrected chi connectivity index (χ3v) is 5.44. The molecule has 0 heterocycles. The summed E-state index contributed by atoms with van der Waals surface area (Å²) in [4.78, 5) is 25.2. The van der Waals surface area contributed by atoms with Crippen LogP contribution in [0.3, 0.4) is 0 Å². The van der Waals surface area contributed by atoms with Crippen LogP contribution in [0.15, 0.2) is 23.1 Å². The van der Waals surface area contributed by atoms with E-state index in [1.54, 1.807) is 0 Å². The Hall–Kier alpha value is -2.64. The van der Waals surface area contributed by atoms with Gasteiger partial charge in [-0.1, -0.05) is 0 Å². The number of carbonyl (C=O) groups is 2. The van der Waals surface area contributed by atoms with E-state index >= 15 is 0 Å². The summed E-state index contributed by atoms with van der Waals surface area (Å²) in [5.74, 6) is -1.19. The summed E-state index contributed by atoms with van der Waals surface area (Å²) in [6.07, 6.45) is 1.71. The van der Waals surface area contributed by atoms with Crippen LogP contribution in [0.1, 0.15) is 29.6 Å². The molecule has 1 amide bonds. The summed E-state index contributed by atoms with van der Waals surface area (Å²) in [6.45, 7) is -0.278. The number of nitrogens with zero attached hydrogens (tertiary/aromatic N) is 2. The van der Waals surface area contributed by atoms with Crippen LogP contribution in [0.2, 0.25) is 0 Å². The van der Waals surface area contributed by atoms with E-state index in [9.17, 15) is 18.0 Å². The SMILES string of the molecule is COc1ccc(C(=O)OCC(=O)N(C)CCC#N)cc1S(=O)(=O)NC1CC1. The molecule has 1 aliphatic carbocycles. The molecule has 1 aliphatic rings. The number of methoxy groups -OCH3 is 1. The van der Waals surface area contributed by atoms with E-state index in [0.29, 0.717) is 0 Å². The highest BCUT2D eigenvalue weighted by Crippen LogP contribution is 2.28. The van der Waals surface area contributed by atoms with Gasteiger partial charge in [-0.3, -0.25) is 4.79 Å². The van der Waals surface area contributed by atoms with Gasteiger partial charge < -0.3 is 14.4 Å². The molecule has 0 bridgehead atoms. The van der Waals surface area contributed by atoms with E-state index in [1.807, 2.05) is 6.07 Å². The normalized spacial score (nSPS) is 13.5. The molecule has 0 saturated heterocycles. The van der Waals surface area contributed by atoms with Gasteiger partial charge in [-0.15, -0.1) is 0 Å². The Morgan fingerprint density at radius 2 is 2.07 bits per heavy atom. The largest absolute Gasteiger partial charge is 0.495 e. The van der Waals surface area contributed by atoms with Crippen LogP contribution >= 0.6 is 0 Å². The minimum atomic E-state index is -3.84. The third-order valence-electron chi connectivity index (χ3n) is 3.90. The zero-order valence-electron chi connectivity index (χ0n) is 15.1. The van der Waals surface area contributed by atoms with Crippen molar-refractivity contribution < 1.29 is 27.5 Å². The predicted octanol–water partition coefficient (Wildman–Crippen LogP) is 0.665. The van der Waals surface area contributed by atoms with Crippen LogP contribution in [-0.4, -0.2) is 58.5 Å². The van der Waals surface area contributed by atoms with Crippen molar-refractivity contribution in [1.29, 1.82) is 5.26 Å². The topological polar surface area (TPSA) is 126 Å². The molecule has 146 valence electrons. The number of ether oxygens (including phenoxy) is 2. The minimum absolute atomic E-state index is 0.0144. The lowest BCUT2D eigenvalue weighted by Gasteiger charge is -2.15. The highest BCUT2D eigenvalue weighted by molar-refractivity contribution is 7.89. The molecule has 0 aromatic heterocycles. The van der Waals surface area contributed by atoms with Crippen LogP contribution in [0.4, 0.5) is 0 Å². The zero-order valence-corrected chi connectivity index (χ0v) is 15.9. The Morgan fingerprint density at radius 3 is 2.67 bits per heavy atom. The molecule has 0 atom stereocenters. The molecule has 0 unspecified atom stereocenters. The summed E-state index contributed by atoms with van der Waals surface area (Å²) in [5.41, 5.74) is -0.0144. The molecule has 1 N–H and O–H groups in total. The molecular weight excluding hydrogens is 374 g/mol. The Labute approximate surface area is 157 Å². The van der Waals surface area contributed by atoms with Crippen LogP contribution in [-0.2, 0) is 19.6 Å². The molecule has 10 heteroatoms. The second-order valence-corrected chi connectivity index (χ2v) is 7.74. The molecule has 0 radical (unpaired) electrons. The Bertz CT molecular complexity index is 858. The van der Waals surface area contributed by atoms with Gasteiger partial charge in [0, 0.05) is 19.6 Å². The fourth-order valence-electron chi connectivity index (χ4n) is 2.16. The number of nitriles is 1. The van der Waals surface area contributed by atoms with Gasteiger partial charge in [-0.25, -0.2) is 17.9 Å². The van der Waals surface area contributed by atoms with Gasteiger partial charge in [0.15, 0.2) is 6.61 Å². The van der Waals surface area contributed by atoms with Crippen molar-refractivity contribution >= 4 is 21.9 Å². The lowest BCUT2D eigenvalue weighted by molar-refractivity contribution is -0.133. The fraction of sp³-hybridized carbons (Fsp3) is 0.471. The van der Waals surface area contributed by atoms with Gasteiger partial charge in [0.1, 0.15) is 10.6 Å². The van der Waals surface area contributed by atoms with Crippen molar-refractivity contribution in [2.24, 2.45) is 0 Å². The maximum Gasteiger partial charge on any atom is 0.338 e. The summed E-state index contributed by atoms with van der Waals surface area (Å²) < 4.78 is 37.5. The van der Waals surface area contributed by atoms with Crippen molar-refractivity contribution in [3.63, 3.8) is 0 Å². The molecule has 1 aromatic rings. The maximum absolute atomic E-state index is 12.5. The molecule has 2 rings (SSSR count). The van der Waals surface area contributed by atoms with Crippen molar-refractivity contribution in [2.45, 2.75) is 30.2 Å². The average molecular weight is 395 g/mol. The van der Waals surface area contributed by atoms with Gasteiger partial charge in [0.25, 0.3) is 5.91 Å². The monoisotopic (exact) mass is 395 g/mol. The average Bonchev–Trinajstić information content (AvgIpc) is 3.46. The van der Waals surface area contributed by atoms with Crippen molar-refractivity contribution in [1.82, 2.24) is 9.62 Å². The van der Waals surface area contributed by atoms with Crippen molar-refractivity contribution in [2.75, 3.05) is 27.3 Å². The number of nitrogens with one attached hydrogen (secondary N) is 1. The fourth-order valence-corrected chi connectivity index (χ4v) is 3.66. The van der Waals surface area contributed by atoms with Gasteiger partial charge in [0.05, 0.1) is 25.2 Å². The standard InChI is InChI=1S/C17H21N3O6S/c1-20(9-3-8-18)16(21)11-26-17(22)12-4-7-14(25-2)15(10-12)27(23,24)19-13-5-6-13/h4,7,10,13,19H,3,5-6,9,11H2,1-2H3. The van der Waals surface area contributed by atoms with Gasteiger partial charge in [-0.05, 0) is 31.0 Å². The van der Waals surface area contributed by atoms with Crippen LogP contribution in [0.25, 0.3) is 0 Å². The van der Waals surface area contributed by atoms with E-state index in [0.717, 1.165) is 18.9 Å². The van der Waals surface area contributed by atoms with Crippen LogP contribution in [0.5, 0.6) is 5.75 Å². The number of likely N-dealkylation sites (N-methyl/N-ethyl adjacent to an activating group) is 1. The van der Waals surface area contributed by atoms with E-state index in [2.05, 4.69) is 4.72 Å². The maximum atomic E-state index is 12.5. The Balaban J connectivity index is 2.09. The molecule has 1 aromatic carbocycles. The number of rotatable bonds is 9.